The molecule has 3 heteroatoms. The number of hydrogen-bond acceptors (Lipinski definition) is 2. The lowest BCUT2D eigenvalue weighted by atomic mass is 10.0. The van der Waals surface area contributed by atoms with Gasteiger partial charge < -0.3 is 5.32 Å². The van der Waals surface area contributed by atoms with Crippen molar-refractivity contribution in [2.75, 3.05) is 13.1 Å². The zero-order valence-corrected chi connectivity index (χ0v) is 12.9. The molecule has 1 N–H and O–H groups in total. The first-order chi connectivity index (χ1) is 8.69. The van der Waals surface area contributed by atoms with Crippen molar-refractivity contribution >= 4 is 15.9 Å². The molecule has 2 atom stereocenters. The average molecular weight is 311 g/mol. The molecule has 1 fully saturated rings. The molecule has 2 unspecified atom stereocenters. The topological polar surface area (TPSA) is 15.3 Å². The van der Waals surface area contributed by atoms with Crippen molar-refractivity contribution < 1.29 is 0 Å². The Morgan fingerprint density at radius 2 is 2.06 bits per heavy atom. The summed E-state index contributed by atoms with van der Waals surface area (Å²) in [7, 11) is 0. The lowest BCUT2D eigenvalue weighted by Crippen LogP contribution is -2.54. The normalized spacial score (nSPS) is 25.3. The van der Waals surface area contributed by atoms with Gasteiger partial charge in [-0.05, 0) is 31.0 Å². The van der Waals surface area contributed by atoms with Gasteiger partial charge in [0.2, 0.25) is 0 Å². The van der Waals surface area contributed by atoms with Gasteiger partial charge in [-0.3, -0.25) is 4.90 Å². The SMILES string of the molecule is CCCC1CNC(C)CN1Cc1ccc(Br)cc1. The highest BCUT2D eigenvalue weighted by molar-refractivity contribution is 9.10. The van der Waals surface area contributed by atoms with Crippen molar-refractivity contribution in [2.45, 2.75) is 45.3 Å². The molecule has 0 aliphatic carbocycles. The Morgan fingerprint density at radius 1 is 1.33 bits per heavy atom. The highest BCUT2D eigenvalue weighted by Gasteiger charge is 2.24. The molecule has 1 aromatic carbocycles. The van der Waals surface area contributed by atoms with E-state index in [0.29, 0.717) is 12.1 Å². The molecule has 0 spiro atoms. The predicted molar refractivity (Wildman–Crippen MR) is 80.7 cm³/mol. The van der Waals surface area contributed by atoms with E-state index in [4.69, 9.17) is 0 Å². The van der Waals surface area contributed by atoms with Crippen molar-refractivity contribution in [2.24, 2.45) is 0 Å². The smallest absolute Gasteiger partial charge is 0.0237 e. The van der Waals surface area contributed by atoms with Crippen molar-refractivity contribution in [3.63, 3.8) is 0 Å². The lowest BCUT2D eigenvalue weighted by Gasteiger charge is -2.39. The Bertz CT molecular complexity index is 363. The summed E-state index contributed by atoms with van der Waals surface area (Å²) in [5.41, 5.74) is 1.41. The van der Waals surface area contributed by atoms with Crippen LogP contribution in [-0.2, 0) is 6.54 Å². The fourth-order valence-corrected chi connectivity index (χ4v) is 2.93. The first-order valence-electron chi connectivity index (χ1n) is 6.91. The van der Waals surface area contributed by atoms with E-state index in [2.05, 4.69) is 64.3 Å². The molecular weight excluding hydrogens is 288 g/mol. The Kier molecular flexibility index (Phi) is 5.22. The van der Waals surface area contributed by atoms with Crippen LogP contribution in [0.1, 0.15) is 32.3 Å². The fourth-order valence-electron chi connectivity index (χ4n) is 2.67. The van der Waals surface area contributed by atoms with Gasteiger partial charge in [0.15, 0.2) is 0 Å². The van der Waals surface area contributed by atoms with Gasteiger partial charge in [0.05, 0.1) is 0 Å². The summed E-state index contributed by atoms with van der Waals surface area (Å²) >= 11 is 3.49. The van der Waals surface area contributed by atoms with Gasteiger partial charge >= 0.3 is 0 Å². The molecule has 0 radical (unpaired) electrons. The van der Waals surface area contributed by atoms with Gasteiger partial charge in [0.25, 0.3) is 0 Å². The molecule has 18 heavy (non-hydrogen) atoms. The predicted octanol–water partition coefficient (Wildman–Crippen LogP) is 3.41. The number of nitrogens with one attached hydrogen (secondary N) is 1. The molecule has 2 nitrogen and oxygen atoms in total. The van der Waals surface area contributed by atoms with E-state index in [1.54, 1.807) is 0 Å². The van der Waals surface area contributed by atoms with Gasteiger partial charge in [0.1, 0.15) is 0 Å². The van der Waals surface area contributed by atoms with Gasteiger partial charge in [-0.25, -0.2) is 0 Å². The molecular formula is C15H23BrN2. The van der Waals surface area contributed by atoms with Crippen LogP contribution in [0.5, 0.6) is 0 Å². The number of benzene rings is 1. The molecule has 0 bridgehead atoms. The summed E-state index contributed by atoms with van der Waals surface area (Å²) in [4.78, 5) is 2.63. The summed E-state index contributed by atoms with van der Waals surface area (Å²) in [5, 5.41) is 3.59. The summed E-state index contributed by atoms with van der Waals surface area (Å²) < 4.78 is 1.16. The molecule has 0 aromatic heterocycles. The number of nitrogens with zero attached hydrogens (tertiary/aromatic N) is 1. The number of rotatable bonds is 4. The fraction of sp³-hybridized carbons (Fsp3) is 0.600. The first kappa shape index (κ1) is 14.0. The molecule has 100 valence electrons. The molecule has 1 aliphatic rings. The minimum Gasteiger partial charge on any atom is -0.311 e. The van der Waals surface area contributed by atoms with Crippen molar-refractivity contribution in [1.29, 1.82) is 0 Å². The van der Waals surface area contributed by atoms with Crippen LogP contribution in [0.15, 0.2) is 28.7 Å². The van der Waals surface area contributed by atoms with Crippen molar-refractivity contribution in [3.8, 4) is 0 Å². The van der Waals surface area contributed by atoms with E-state index < -0.39 is 0 Å². The van der Waals surface area contributed by atoms with Crippen LogP contribution in [0.4, 0.5) is 0 Å². The second kappa shape index (κ2) is 6.69. The van der Waals surface area contributed by atoms with E-state index in [0.717, 1.165) is 24.1 Å². The van der Waals surface area contributed by atoms with E-state index >= 15 is 0 Å². The summed E-state index contributed by atoms with van der Waals surface area (Å²) in [6.07, 6.45) is 2.55. The Labute approximate surface area is 119 Å². The van der Waals surface area contributed by atoms with Crippen LogP contribution < -0.4 is 5.32 Å². The summed E-state index contributed by atoms with van der Waals surface area (Å²) in [6, 6.07) is 10.0. The highest BCUT2D eigenvalue weighted by Crippen LogP contribution is 2.17. The Hall–Kier alpha value is -0.380. The van der Waals surface area contributed by atoms with Crippen molar-refractivity contribution in [3.05, 3.63) is 34.3 Å². The Morgan fingerprint density at radius 3 is 2.72 bits per heavy atom. The molecule has 1 saturated heterocycles. The zero-order chi connectivity index (χ0) is 13.0. The van der Waals surface area contributed by atoms with Crippen LogP contribution in [0.3, 0.4) is 0 Å². The first-order valence-corrected chi connectivity index (χ1v) is 7.70. The van der Waals surface area contributed by atoms with Crippen molar-refractivity contribution in [1.82, 2.24) is 10.2 Å². The monoisotopic (exact) mass is 310 g/mol. The van der Waals surface area contributed by atoms with E-state index in [1.165, 1.54) is 18.4 Å². The van der Waals surface area contributed by atoms with E-state index in [1.807, 2.05) is 0 Å². The molecule has 1 aliphatic heterocycles. The largest absolute Gasteiger partial charge is 0.311 e. The summed E-state index contributed by atoms with van der Waals surface area (Å²) in [6.45, 7) is 7.91. The van der Waals surface area contributed by atoms with E-state index in [9.17, 15) is 0 Å². The van der Waals surface area contributed by atoms with Crippen LogP contribution >= 0.6 is 15.9 Å². The lowest BCUT2D eigenvalue weighted by molar-refractivity contribution is 0.120. The molecule has 1 aromatic rings. The second-order valence-corrected chi connectivity index (χ2v) is 6.22. The zero-order valence-electron chi connectivity index (χ0n) is 11.3. The average Bonchev–Trinajstić information content (AvgIpc) is 2.36. The molecule has 1 heterocycles. The third kappa shape index (κ3) is 3.81. The third-order valence-electron chi connectivity index (χ3n) is 3.65. The number of halogens is 1. The maximum Gasteiger partial charge on any atom is 0.0237 e. The number of hydrogen-bond donors (Lipinski definition) is 1. The van der Waals surface area contributed by atoms with Crippen LogP contribution in [0.2, 0.25) is 0 Å². The third-order valence-corrected chi connectivity index (χ3v) is 4.18. The van der Waals surface area contributed by atoms with Crippen LogP contribution in [0.25, 0.3) is 0 Å². The quantitative estimate of drug-likeness (QED) is 0.917. The van der Waals surface area contributed by atoms with Crippen LogP contribution in [0, 0.1) is 0 Å². The number of piperazine rings is 1. The van der Waals surface area contributed by atoms with Gasteiger partial charge in [0, 0.05) is 36.2 Å². The molecule has 2 rings (SSSR count). The van der Waals surface area contributed by atoms with Crippen LogP contribution in [-0.4, -0.2) is 30.1 Å². The standard InChI is InChI=1S/C15H23BrN2/c1-3-4-15-9-17-12(2)10-18(15)11-13-5-7-14(16)8-6-13/h5-8,12,15,17H,3-4,9-11H2,1-2H3. The minimum atomic E-state index is 0.605. The Balaban J connectivity index is 2.01. The highest BCUT2D eigenvalue weighted by atomic mass is 79.9. The van der Waals surface area contributed by atoms with Gasteiger partial charge in [-0.2, -0.15) is 0 Å². The maximum absolute atomic E-state index is 3.59. The molecule has 0 amide bonds. The van der Waals surface area contributed by atoms with E-state index in [-0.39, 0.29) is 0 Å². The van der Waals surface area contributed by atoms with Gasteiger partial charge in [-0.1, -0.05) is 41.4 Å². The minimum absolute atomic E-state index is 0.605. The maximum atomic E-state index is 3.59. The second-order valence-electron chi connectivity index (χ2n) is 5.31. The van der Waals surface area contributed by atoms with Gasteiger partial charge in [-0.15, -0.1) is 0 Å². The molecule has 0 saturated carbocycles. The summed E-state index contributed by atoms with van der Waals surface area (Å²) in [5.74, 6) is 0.